The summed E-state index contributed by atoms with van der Waals surface area (Å²) in [5, 5.41) is 34.5. The van der Waals surface area contributed by atoms with Crippen molar-refractivity contribution in [2.75, 3.05) is 17.6 Å². The second kappa shape index (κ2) is 14.6. The minimum atomic E-state index is -3.77. The third-order valence-corrected chi connectivity index (χ3v) is 8.66. The molecule has 0 aliphatic carbocycles. The Balaban J connectivity index is 1.64. The van der Waals surface area contributed by atoms with Gasteiger partial charge in [-0.1, -0.05) is 47.7 Å². The van der Waals surface area contributed by atoms with E-state index in [9.17, 15) is 32.6 Å². The van der Waals surface area contributed by atoms with Crippen LogP contribution in [-0.2, 0) is 23.0 Å². The molecule has 1 heterocycles. The van der Waals surface area contributed by atoms with Crippen molar-refractivity contribution < 1.29 is 32.6 Å². The Morgan fingerprint density at radius 2 is 1.57 bits per heavy atom. The number of hydrogen-bond acceptors (Lipinski definition) is 8. The maximum Gasteiger partial charge on any atom is 0.251 e. The summed E-state index contributed by atoms with van der Waals surface area (Å²) in [5.74, 6) is -1.67. The average molecular weight is 653 g/mol. The molecule has 0 fully saturated rings. The van der Waals surface area contributed by atoms with E-state index < -0.39 is 51.9 Å². The number of amides is 2. The summed E-state index contributed by atoms with van der Waals surface area (Å²) in [5.41, 5.74) is 1.86. The van der Waals surface area contributed by atoms with E-state index in [4.69, 9.17) is 0 Å². The number of halogens is 1. The number of benzene rings is 3. The number of anilines is 1. The van der Waals surface area contributed by atoms with Crippen LogP contribution in [0.2, 0.25) is 0 Å². The number of nitrogens with zero attached hydrogens (tertiary/aromatic N) is 4. The maximum atomic E-state index is 13.7. The summed E-state index contributed by atoms with van der Waals surface area (Å²) in [6, 6.07) is 17.5. The van der Waals surface area contributed by atoms with E-state index in [2.05, 4.69) is 20.9 Å². The molecular weight excluding hydrogens is 615 g/mol. The molecular formula is C32H37FN6O6S. The molecule has 4 rings (SSSR count). The normalized spacial score (nSPS) is 14.2. The Kier molecular flexibility index (Phi) is 10.9. The van der Waals surface area contributed by atoms with Gasteiger partial charge in [0.25, 0.3) is 11.8 Å². The van der Waals surface area contributed by atoms with Crippen LogP contribution in [0.4, 0.5) is 10.1 Å². The summed E-state index contributed by atoms with van der Waals surface area (Å²) in [6.45, 7) is 3.19. The van der Waals surface area contributed by atoms with Crippen LogP contribution in [0, 0.1) is 5.82 Å². The summed E-state index contributed by atoms with van der Waals surface area (Å²) in [4.78, 5) is 27.1. The highest BCUT2D eigenvalue weighted by atomic mass is 32.2. The molecule has 0 spiro atoms. The molecule has 0 bridgehead atoms. The Hall–Kier alpha value is -4.66. The molecule has 3 aromatic carbocycles. The molecule has 4 N–H and O–H groups in total. The third kappa shape index (κ3) is 8.96. The Morgan fingerprint density at radius 1 is 0.957 bits per heavy atom. The zero-order valence-corrected chi connectivity index (χ0v) is 26.6. The van der Waals surface area contributed by atoms with Gasteiger partial charge in [-0.25, -0.2) is 17.5 Å². The highest BCUT2D eigenvalue weighted by Gasteiger charge is 2.26. The average Bonchev–Trinajstić information content (AvgIpc) is 3.49. The maximum absolute atomic E-state index is 13.7. The van der Waals surface area contributed by atoms with Crippen LogP contribution in [-0.4, -0.2) is 70.9 Å². The van der Waals surface area contributed by atoms with Gasteiger partial charge in [0, 0.05) is 18.2 Å². The van der Waals surface area contributed by atoms with E-state index in [-0.39, 0.29) is 29.8 Å². The molecule has 4 atom stereocenters. The monoisotopic (exact) mass is 652 g/mol. The molecule has 0 saturated carbocycles. The van der Waals surface area contributed by atoms with Crippen molar-refractivity contribution in [3.8, 4) is 0 Å². The van der Waals surface area contributed by atoms with Gasteiger partial charge in [0.1, 0.15) is 11.5 Å². The molecule has 0 aliphatic heterocycles. The van der Waals surface area contributed by atoms with E-state index in [0.29, 0.717) is 11.3 Å². The molecule has 244 valence electrons. The molecule has 0 aliphatic rings. The van der Waals surface area contributed by atoms with Crippen LogP contribution in [0.15, 0.2) is 79.0 Å². The van der Waals surface area contributed by atoms with Crippen LogP contribution in [0.3, 0.4) is 0 Å². The van der Waals surface area contributed by atoms with E-state index in [1.807, 2.05) is 30.3 Å². The fraction of sp³-hybridized carbons (Fsp3) is 0.312. The predicted octanol–water partition coefficient (Wildman–Crippen LogP) is 2.76. The van der Waals surface area contributed by atoms with Gasteiger partial charge in [0.05, 0.1) is 49.0 Å². The SMILES string of the molecule is CC(O)c1cn(C[C@H](O)[C@H](Cc2ccccc2)NC(=O)c2cc(C(=O)N[C@H](C)c3ccc(F)cc3)cc(N(C)S(C)(=O)=O)c2)nn1. The largest absolute Gasteiger partial charge is 0.389 e. The van der Waals surface area contributed by atoms with Gasteiger partial charge >= 0.3 is 0 Å². The minimum absolute atomic E-state index is 0.0144. The standard InChI is InChI=1S/C32H37FN6O6S/c1-20(23-10-12-26(33)13-11-23)34-31(42)24-15-25(17-27(16-24)38(3)46(4,44)45)32(43)35-28(14-22-8-6-5-7-9-22)30(41)19-39-18-29(21(2)40)36-37-39/h5-13,15-18,20-21,28,30,40-41H,14,19H2,1-4H3,(H,34,42)(H,35,43)/t20-,21?,28+,30+/m1/s1. The number of aliphatic hydroxyl groups is 2. The van der Waals surface area contributed by atoms with Crippen LogP contribution >= 0.6 is 0 Å². The number of hydrogen-bond donors (Lipinski definition) is 4. The fourth-order valence-electron chi connectivity index (χ4n) is 4.68. The van der Waals surface area contributed by atoms with Crippen molar-refractivity contribution in [3.63, 3.8) is 0 Å². The molecule has 2 amide bonds. The Labute approximate surface area is 266 Å². The molecule has 46 heavy (non-hydrogen) atoms. The lowest BCUT2D eigenvalue weighted by Crippen LogP contribution is -2.46. The van der Waals surface area contributed by atoms with Gasteiger partial charge in [0.15, 0.2) is 0 Å². The van der Waals surface area contributed by atoms with Crippen molar-refractivity contribution >= 4 is 27.5 Å². The molecule has 0 radical (unpaired) electrons. The summed E-state index contributed by atoms with van der Waals surface area (Å²) >= 11 is 0. The zero-order valence-electron chi connectivity index (χ0n) is 25.8. The van der Waals surface area contributed by atoms with Crippen LogP contribution in [0.1, 0.15) is 63.5 Å². The molecule has 1 aromatic heterocycles. The van der Waals surface area contributed by atoms with E-state index in [0.717, 1.165) is 16.1 Å². The molecule has 14 heteroatoms. The van der Waals surface area contributed by atoms with Gasteiger partial charge in [-0.2, -0.15) is 0 Å². The van der Waals surface area contributed by atoms with Gasteiger partial charge in [0.2, 0.25) is 10.0 Å². The Morgan fingerprint density at radius 3 is 2.13 bits per heavy atom. The highest BCUT2D eigenvalue weighted by molar-refractivity contribution is 7.92. The van der Waals surface area contributed by atoms with Crippen molar-refractivity contribution in [2.24, 2.45) is 0 Å². The van der Waals surface area contributed by atoms with E-state index in [1.165, 1.54) is 67.3 Å². The number of aromatic nitrogens is 3. The number of sulfonamides is 1. The predicted molar refractivity (Wildman–Crippen MR) is 170 cm³/mol. The second-order valence-electron chi connectivity index (χ2n) is 11.1. The lowest BCUT2D eigenvalue weighted by atomic mass is 10.00. The van der Waals surface area contributed by atoms with Crippen LogP contribution < -0.4 is 14.9 Å². The first kappa shape index (κ1) is 34.2. The quantitative estimate of drug-likeness (QED) is 0.171. The summed E-state index contributed by atoms with van der Waals surface area (Å²) < 4.78 is 40.5. The molecule has 0 saturated heterocycles. The van der Waals surface area contributed by atoms with Gasteiger partial charge < -0.3 is 20.8 Å². The van der Waals surface area contributed by atoms with Gasteiger partial charge in [-0.05, 0) is 61.7 Å². The van der Waals surface area contributed by atoms with Crippen molar-refractivity contribution in [1.82, 2.24) is 25.6 Å². The van der Waals surface area contributed by atoms with Crippen molar-refractivity contribution in [2.45, 2.75) is 51.1 Å². The summed E-state index contributed by atoms with van der Waals surface area (Å²) in [6.07, 6.45) is 0.714. The summed E-state index contributed by atoms with van der Waals surface area (Å²) in [7, 11) is -2.46. The van der Waals surface area contributed by atoms with E-state index in [1.54, 1.807) is 6.92 Å². The first-order chi connectivity index (χ1) is 21.7. The number of aliphatic hydroxyl groups excluding tert-OH is 2. The number of carbonyl (C=O) groups is 2. The zero-order chi connectivity index (χ0) is 33.6. The molecule has 12 nitrogen and oxygen atoms in total. The van der Waals surface area contributed by atoms with Crippen molar-refractivity contribution in [3.05, 3.63) is 113 Å². The number of nitrogens with one attached hydrogen (secondary N) is 2. The highest BCUT2D eigenvalue weighted by Crippen LogP contribution is 2.23. The first-order valence-electron chi connectivity index (χ1n) is 14.5. The van der Waals surface area contributed by atoms with Gasteiger partial charge in [-0.3, -0.25) is 13.9 Å². The number of rotatable bonds is 13. The topological polar surface area (TPSA) is 167 Å². The lowest BCUT2D eigenvalue weighted by Gasteiger charge is -2.25. The number of carbonyl (C=O) groups excluding carboxylic acids is 2. The van der Waals surface area contributed by atoms with Crippen LogP contribution in [0.25, 0.3) is 0 Å². The van der Waals surface area contributed by atoms with E-state index >= 15 is 0 Å². The van der Waals surface area contributed by atoms with Crippen LogP contribution in [0.5, 0.6) is 0 Å². The van der Waals surface area contributed by atoms with Crippen molar-refractivity contribution in [1.29, 1.82) is 0 Å². The lowest BCUT2D eigenvalue weighted by molar-refractivity contribution is 0.0778. The fourth-order valence-corrected chi connectivity index (χ4v) is 5.17. The molecule has 1 unspecified atom stereocenters. The first-order valence-corrected chi connectivity index (χ1v) is 16.3. The molecule has 4 aromatic rings. The Bertz CT molecular complexity index is 1770. The minimum Gasteiger partial charge on any atom is -0.389 e. The third-order valence-electron chi connectivity index (χ3n) is 7.46. The smallest absolute Gasteiger partial charge is 0.251 e. The van der Waals surface area contributed by atoms with Gasteiger partial charge in [-0.15, -0.1) is 5.10 Å². The second-order valence-corrected chi connectivity index (χ2v) is 13.1.